The van der Waals surface area contributed by atoms with Gasteiger partial charge in [0.25, 0.3) is 0 Å². The van der Waals surface area contributed by atoms with Crippen molar-refractivity contribution in [1.29, 1.82) is 0 Å². The highest BCUT2D eigenvalue weighted by atomic mass is 16.5. The predicted molar refractivity (Wildman–Crippen MR) is 79.7 cm³/mol. The summed E-state index contributed by atoms with van der Waals surface area (Å²) in [5.41, 5.74) is 9.23. The van der Waals surface area contributed by atoms with Gasteiger partial charge in [-0.2, -0.15) is 0 Å². The standard InChI is InChI=1S/C17H21NO/c1-12(2)14-5-4-6-16(10-14)19-17-9-13(3)7-8-15(17)11-18/h4-10,12H,11,18H2,1-3H3. The molecule has 0 unspecified atom stereocenters. The van der Waals surface area contributed by atoms with Crippen LogP contribution in [0.4, 0.5) is 0 Å². The molecule has 0 bridgehead atoms. The minimum atomic E-state index is 0.486. The highest BCUT2D eigenvalue weighted by Gasteiger charge is 2.06. The van der Waals surface area contributed by atoms with E-state index in [-0.39, 0.29) is 0 Å². The van der Waals surface area contributed by atoms with Crippen LogP contribution in [0.2, 0.25) is 0 Å². The SMILES string of the molecule is Cc1ccc(CN)c(Oc2cccc(C(C)C)c2)c1. The Morgan fingerprint density at radius 2 is 1.89 bits per heavy atom. The maximum absolute atomic E-state index is 5.99. The first-order valence-corrected chi connectivity index (χ1v) is 6.67. The Morgan fingerprint density at radius 1 is 1.11 bits per heavy atom. The molecule has 19 heavy (non-hydrogen) atoms. The van der Waals surface area contributed by atoms with Gasteiger partial charge in [-0.15, -0.1) is 0 Å². The van der Waals surface area contributed by atoms with Crippen LogP contribution in [0, 0.1) is 6.92 Å². The first-order chi connectivity index (χ1) is 9.10. The van der Waals surface area contributed by atoms with Crippen LogP contribution in [0.1, 0.15) is 36.5 Å². The summed E-state index contributed by atoms with van der Waals surface area (Å²) in [6.45, 7) is 6.89. The Balaban J connectivity index is 2.30. The maximum atomic E-state index is 5.99. The lowest BCUT2D eigenvalue weighted by Crippen LogP contribution is -2.00. The summed E-state index contributed by atoms with van der Waals surface area (Å²) in [6, 6.07) is 14.3. The average Bonchev–Trinajstić information content (AvgIpc) is 2.39. The van der Waals surface area contributed by atoms with Crippen molar-refractivity contribution in [3.05, 3.63) is 59.2 Å². The molecule has 0 saturated carbocycles. The Bertz CT molecular complexity index is 561. The number of hydrogen-bond donors (Lipinski definition) is 1. The summed E-state index contributed by atoms with van der Waals surface area (Å²) in [6.07, 6.45) is 0. The van der Waals surface area contributed by atoms with E-state index in [0.717, 1.165) is 17.1 Å². The van der Waals surface area contributed by atoms with Crippen LogP contribution in [0.5, 0.6) is 11.5 Å². The predicted octanol–water partition coefficient (Wildman–Crippen LogP) is 4.37. The van der Waals surface area contributed by atoms with E-state index in [1.165, 1.54) is 11.1 Å². The Kier molecular flexibility index (Phi) is 4.23. The molecule has 100 valence electrons. The summed E-state index contributed by atoms with van der Waals surface area (Å²) in [5.74, 6) is 2.21. The van der Waals surface area contributed by atoms with Gasteiger partial charge in [0.1, 0.15) is 11.5 Å². The summed E-state index contributed by atoms with van der Waals surface area (Å²) in [7, 11) is 0. The van der Waals surface area contributed by atoms with Crippen LogP contribution in [0.15, 0.2) is 42.5 Å². The van der Waals surface area contributed by atoms with E-state index in [4.69, 9.17) is 10.5 Å². The molecule has 0 heterocycles. The highest BCUT2D eigenvalue weighted by molar-refractivity contribution is 5.41. The molecule has 2 nitrogen and oxygen atoms in total. The number of benzene rings is 2. The van der Waals surface area contributed by atoms with Gasteiger partial charge in [-0.1, -0.05) is 38.1 Å². The molecule has 0 aliphatic rings. The van der Waals surface area contributed by atoms with Gasteiger partial charge in [-0.25, -0.2) is 0 Å². The van der Waals surface area contributed by atoms with Crippen LogP contribution >= 0.6 is 0 Å². The molecule has 0 saturated heterocycles. The lowest BCUT2D eigenvalue weighted by molar-refractivity contribution is 0.475. The van der Waals surface area contributed by atoms with Crippen molar-refractivity contribution in [2.45, 2.75) is 33.2 Å². The van der Waals surface area contributed by atoms with Crippen molar-refractivity contribution >= 4 is 0 Å². The highest BCUT2D eigenvalue weighted by Crippen LogP contribution is 2.28. The van der Waals surface area contributed by atoms with E-state index in [2.05, 4.69) is 39.0 Å². The van der Waals surface area contributed by atoms with Crippen molar-refractivity contribution in [2.75, 3.05) is 0 Å². The normalized spacial score (nSPS) is 10.8. The number of rotatable bonds is 4. The fourth-order valence-corrected chi connectivity index (χ4v) is 1.99. The molecule has 0 fully saturated rings. The Morgan fingerprint density at radius 3 is 2.58 bits per heavy atom. The van der Waals surface area contributed by atoms with Gasteiger partial charge in [0.05, 0.1) is 0 Å². The minimum Gasteiger partial charge on any atom is -0.457 e. The van der Waals surface area contributed by atoms with Gasteiger partial charge in [-0.05, 0) is 42.2 Å². The maximum Gasteiger partial charge on any atom is 0.132 e. The molecule has 2 aromatic rings. The van der Waals surface area contributed by atoms with E-state index in [1.54, 1.807) is 0 Å². The summed E-state index contributed by atoms with van der Waals surface area (Å²) in [4.78, 5) is 0. The van der Waals surface area contributed by atoms with Gasteiger partial charge in [0.2, 0.25) is 0 Å². The smallest absolute Gasteiger partial charge is 0.132 e. The van der Waals surface area contributed by atoms with Gasteiger partial charge in [0, 0.05) is 12.1 Å². The van der Waals surface area contributed by atoms with Crippen molar-refractivity contribution in [3.8, 4) is 11.5 Å². The molecule has 2 aromatic carbocycles. The minimum absolute atomic E-state index is 0.486. The molecule has 0 aromatic heterocycles. The third-order valence-electron chi connectivity index (χ3n) is 3.20. The first-order valence-electron chi connectivity index (χ1n) is 6.67. The molecule has 0 amide bonds. The number of hydrogen-bond acceptors (Lipinski definition) is 2. The lowest BCUT2D eigenvalue weighted by atomic mass is 10.0. The van der Waals surface area contributed by atoms with E-state index in [1.807, 2.05) is 24.3 Å². The fraction of sp³-hybridized carbons (Fsp3) is 0.294. The van der Waals surface area contributed by atoms with E-state index in [9.17, 15) is 0 Å². The second-order valence-corrected chi connectivity index (χ2v) is 5.14. The van der Waals surface area contributed by atoms with Crippen LogP contribution in [0.3, 0.4) is 0 Å². The zero-order valence-corrected chi connectivity index (χ0v) is 11.8. The average molecular weight is 255 g/mol. The third kappa shape index (κ3) is 3.36. The number of nitrogens with two attached hydrogens (primary N) is 1. The second kappa shape index (κ2) is 5.89. The number of ether oxygens (including phenoxy) is 1. The van der Waals surface area contributed by atoms with Gasteiger partial charge < -0.3 is 10.5 Å². The summed E-state index contributed by atoms with van der Waals surface area (Å²) in [5, 5.41) is 0. The first kappa shape index (κ1) is 13.6. The van der Waals surface area contributed by atoms with Crippen LogP contribution in [0.25, 0.3) is 0 Å². The molecule has 0 aliphatic carbocycles. The van der Waals surface area contributed by atoms with E-state index >= 15 is 0 Å². The molecule has 0 atom stereocenters. The molecule has 2 rings (SSSR count). The van der Waals surface area contributed by atoms with E-state index < -0.39 is 0 Å². The van der Waals surface area contributed by atoms with Crippen molar-refractivity contribution in [3.63, 3.8) is 0 Å². The lowest BCUT2D eigenvalue weighted by Gasteiger charge is -2.13. The zero-order chi connectivity index (χ0) is 13.8. The van der Waals surface area contributed by atoms with Gasteiger partial charge in [-0.3, -0.25) is 0 Å². The topological polar surface area (TPSA) is 35.2 Å². The van der Waals surface area contributed by atoms with Crippen LogP contribution < -0.4 is 10.5 Å². The second-order valence-electron chi connectivity index (χ2n) is 5.14. The van der Waals surface area contributed by atoms with Crippen LogP contribution in [-0.4, -0.2) is 0 Å². The molecule has 0 spiro atoms. The van der Waals surface area contributed by atoms with Gasteiger partial charge in [0.15, 0.2) is 0 Å². The summed E-state index contributed by atoms with van der Waals surface area (Å²) >= 11 is 0. The zero-order valence-electron chi connectivity index (χ0n) is 11.8. The monoisotopic (exact) mass is 255 g/mol. The molecule has 2 N–H and O–H groups in total. The van der Waals surface area contributed by atoms with Crippen molar-refractivity contribution in [1.82, 2.24) is 0 Å². The molecule has 2 heteroatoms. The number of aryl methyl sites for hydroxylation is 1. The molecular formula is C17H21NO. The van der Waals surface area contributed by atoms with Crippen LogP contribution in [-0.2, 0) is 6.54 Å². The van der Waals surface area contributed by atoms with E-state index in [0.29, 0.717) is 12.5 Å². The largest absolute Gasteiger partial charge is 0.457 e. The quantitative estimate of drug-likeness (QED) is 0.880. The van der Waals surface area contributed by atoms with Gasteiger partial charge >= 0.3 is 0 Å². The van der Waals surface area contributed by atoms with Crippen molar-refractivity contribution in [2.24, 2.45) is 5.73 Å². The fourth-order valence-electron chi connectivity index (χ4n) is 1.99. The molecule has 0 aliphatic heterocycles. The Hall–Kier alpha value is -1.80. The third-order valence-corrected chi connectivity index (χ3v) is 3.20. The van der Waals surface area contributed by atoms with Crippen molar-refractivity contribution < 1.29 is 4.74 Å². The molecular weight excluding hydrogens is 234 g/mol. The summed E-state index contributed by atoms with van der Waals surface area (Å²) < 4.78 is 5.99. The Labute approximate surface area is 115 Å². The molecule has 0 radical (unpaired) electrons.